The summed E-state index contributed by atoms with van der Waals surface area (Å²) in [6, 6.07) is 24.6. The van der Waals surface area contributed by atoms with E-state index in [-0.39, 0.29) is 6.04 Å². The zero-order valence-electron chi connectivity index (χ0n) is 17.8. The molecule has 0 fully saturated rings. The molecule has 0 aromatic heterocycles. The van der Waals surface area contributed by atoms with Gasteiger partial charge in [-0.25, -0.2) is 4.99 Å². The van der Waals surface area contributed by atoms with Crippen molar-refractivity contribution < 1.29 is 14.0 Å². The van der Waals surface area contributed by atoms with Crippen molar-refractivity contribution in [3.8, 4) is 11.5 Å². The molecule has 0 bridgehead atoms. The van der Waals surface area contributed by atoms with Gasteiger partial charge in [-0.15, -0.1) is 0 Å². The van der Waals surface area contributed by atoms with Crippen molar-refractivity contribution in [2.24, 2.45) is 10.9 Å². The third-order valence-electron chi connectivity index (χ3n) is 5.12. The van der Waals surface area contributed by atoms with Crippen molar-refractivity contribution in [2.75, 3.05) is 13.7 Å². The molecule has 1 atom stereocenters. The molecule has 0 spiro atoms. The maximum Gasteiger partial charge on any atom is 0.217 e. The number of hydrogen-bond donors (Lipinski definition) is 0. The van der Waals surface area contributed by atoms with Gasteiger partial charge in [0, 0.05) is 10.6 Å². The van der Waals surface area contributed by atoms with Crippen LogP contribution in [-0.2, 0) is 4.74 Å². The minimum atomic E-state index is -1.10. The highest BCUT2D eigenvalue weighted by molar-refractivity contribution is 9.10. The Balaban J connectivity index is 1.76. The molecular weight excluding hydrogens is 473 g/mol. The Kier molecular flexibility index (Phi) is 6.94. The van der Waals surface area contributed by atoms with Crippen LogP contribution in [0.15, 0.2) is 82.3 Å². The molecule has 3 aromatic carbocycles. The second kappa shape index (κ2) is 9.84. The topological polar surface area (TPSA) is 40.0 Å². The number of hydrogen-bond acceptors (Lipinski definition) is 4. The Morgan fingerprint density at radius 3 is 2.10 bits per heavy atom. The number of methoxy groups -OCH3 is 1. The van der Waals surface area contributed by atoms with Gasteiger partial charge in [-0.3, -0.25) is 0 Å². The molecule has 6 heteroatoms. The first kappa shape index (κ1) is 21.9. The molecular formula is C25H25BrNO3P. The van der Waals surface area contributed by atoms with Gasteiger partial charge in [0.15, 0.2) is 19.6 Å². The molecule has 3 aromatic rings. The smallest absolute Gasteiger partial charge is 0.217 e. The number of ether oxygens (including phenoxy) is 2. The van der Waals surface area contributed by atoms with Crippen molar-refractivity contribution in [2.45, 2.75) is 19.9 Å². The van der Waals surface area contributed by atoms with Crippen molar-refractivity contribution in [3.05, 3.63) is 82.8 Å². The van der Waals surface area contributed by atoms with Crippen LogP contribution in [0.25, 0.3) is 0 Å². The fourth-order valence-electron chi connectivity index (χ4n) is 3.30. The Morgan fingerprint density at radius 2 is 1.58 bits per heavy atom. The van der Waals surface area contributed by atoms with Gasteiger partial charge >= 0.3 is 0 Å². The summed E-state index contributed by atoms with van der Waals surface area (Å²) in [6.07, 6.45) is 0. The summed E-state index contributed by atoms with van der Waals surface area (Å²) in [6.45, 7) is 4.92. The number of nitrogens with zero attached hydrogens (tertiary/aromatic N) is 1. The van der Waals surface area contributed by atoms with Gasteiger partial charge in [-0.2, -0.15) is 0 Å². The average molecular weight is 498 g/mol. The first-order valence-corrected chi connectivity index (χ1v) is 12.3. The maximum atomic E-state index is 6.70. The third-order valence-corrected chi connectivity index (χ3v) is 7.81. The van der Waals surface area contributed by atoms with Crippen LogP contribution in [0.5, 0.6) is 11.5 Å². The third kappa shape index (κ3) is 4.78. The Bertz CT molecular complexity index is 1020. The zero-order valence-corrected chi connectivity index (χ0v) is 20.3. The van der Waals surface area contributed by atoms with Crippen molar-refractivity contribution in [1.82, 2.24) is 0 Å². The molecule has 0 saturated heterocycles. The molecule has 31 heavy (non-hydrogen) atoms. The van der Waals surface area contributed by atoms with Crippen LogP contribution in [0.1, 0.15) is 19.4 Å². The molecule has 0 aliphatic carbocycles. The highest BCUT2D eigenvalue weighted by Crippen LogP contribution is 2.46. The molecule has 0 N–H and O–H groups in total. The SMILES string of the molecule is COc1ccc(C2=N[C@@H](C(C)C)CO2)c(Br)c1OP(c1ccccc1)c1ccccc1. The van der Waals surface area contributed by atoms with E-state index in [9.17, 15) is 0 Å². The van der Waals surface area contributed by atoms with E-state index in [1.807, 2.05) is 48.5 Å². The molecule has 4 rings (SSSR count). The van der Waals surface area contributed by atoms with Gasteiger partial charge in [0.1, 0.15) is 6.61 Å². The van der Waals surface area contributed by atoms with Crippen molar-refractivity contribution in [3.63, 3.8) is 0 Å². The van der Waals surface area contributed by atoms with Gasteiger partial charge in [0.05, 0.1) is 23.2 Å². The minimum absolute atomic E-state index is 0.166. The van der Waals surface area contributed by atoms with E-state index in [1.54, 1.807) is 7.11 Å². The molecule has 4 nitrogen and oxygen atoms in total. The largest absolute Gasteiger partial charge is 0.493 e. The van der Waals surface area contributed by atoms with E-state index in [0.717, 1.165) is 20.6 Å². The first-order valence-electron chi connectivity index (χ1n) is 10.2. The fourth-order valence-corrected chi connectivity index (χ4v) is 5.76. The number of rotatable bonds is 7. The standard InChI is InChI=1S/C25H25BrNO3P/c1-17(2)21-16-29-25(27-21)20-14-15-22(28-3)24(23(20)26)30-31(18-10-6-4-7-11-18)19-12-8-5-9-13-19/h4-15,17,21H,16H2,1-3H3/t21-/m1/s1. The predicted octanol–water partition coefficient (Wildman–Crippen LogP) is 5.69. The number of aliphatic imine (C=N–C) groups is 1. The lowest BCUT2D eigenvalue weighted by atomic mass is 10.1. The van der Waals surface area contributed by atoms with Gasteiger partial charge < -0.3 is 14.0 Å². The summed E-state index contributed by atoms with van der Waals surface area (Å²) >= 11 is 3.76. The molecule has 1 aliphatic heterocycles. The monoisotopic (exact) mass is 497 g/mol. The van der Waals surface area contributed by atoms with Crippen molar-refractivity contribution in [1.29, 1.82) is 0 Å². The second-order valence-electron chi connectivity index (χ2n) is 7.57. The van der Waals surface area contributed by atoms with Gasteiger partial charge in [0.25, 0.3) is 0 Å². The van der Waals surface area contributed by atoms with Crippen LogP contribution in [0, 0.1) is 5.92 Å². The van der Waals surface area contributed by atoms with Gasteiger partial charge in [-0.05, 0) is 34.0 Å². The Labute approximate surface area is 193 Å². The quantitative estimate of drug-likeness (QED) is 0.394. The lowest BCUT2D eigenvalue weighted by Crippen LogP contribution is -2.16. The van der Waals surface area contributed by atoms with E-state index < -0.39 is 8.15 Å². The van der Waals surface area contributed by atoms with Crippen LogP contribution in [0.2, 0.25) is 0 Å². The molecule has 0 radical (unpaired) electrons. The van der Waals surface area contributed by atoms with Crippen LogP contribution in [0.4, 0.5) is 0 Å². The summed E-state index contributed by atoms with van der Waals surface area (Å²) < 4.78 is 19.1. The van der Waals surface area contributed by atoms with Crippen LogP contribution < -0.4 is 19.9 Å². The molecule has 0 saturated carbocycles. The van der Waals surface area contributed by atoms with Crippen LogP contribution in [-0.4, -0.2) is 25.7 Å². The normalized spacial score (nSPS) is 15.7. The lowest BCUT2D eigenvalue weighted by Gasteiger charge is -2.22. The average Bonchev–Trinajstić information content (AvgIpc) is 3.29. The predicted molar refractivity (Wildman–Crippen MR) is 132 cm³/mol. The summed E-state index contributed by atoms with van der Waals surface area (Å²) in [5, 5.41) is 2.25. The highest BCUT2D eigenvalue weighted by Gasteiger charge is 2.28. The summed E-state index contributed by atoms with van der Waals surface area (Å²) in [7, 11) is 0.553. The fraction of sp³-hybridized carbons (Fsp3) is 0.240. The number of halogens is 1. The van der Waals surface area contributed by atoms with E-state index >= 15 is 0 Å². The van der Waals surface area contributed by atoms with E-state index in [0.29, 0.717) is 29.9 Å². The lowest BCUT2D eigenvalue weighted by molar-refractivity contribution is 0.291. The maximum absolute atomic E-state index is 6.70. The summed E-state index contributed by atoms with van der Waals surface area (Å²) in [5.74, 6) is 2.38. The molecule has 1 aliphatic rings. The zero-order chi connectivity index (χ0) is 21.8. The Hall–Kier alpha value is -2.36. The second-order valence-corrected chi connectivity index (χ2v) is 10.2. The molecule has 1 heterocycles. The highest BCUT2D eigenvalue weighted by atomic mass is 79.9. The minimum Gasteiger partial charge on any atom is -0.493 e. The van der Waals surface area contributed by atoms with Crippen LogP contribution in [0.3, 0.4) is 0 Å². The van der Waals surface area contributed by atoms with E-state index in [2.05, 4.69) is 54.0 Å². The van der Waals surface area contributed by atoms with Crippen LogP contribution >= 0.6 is 24.1 Å². The Morgan fingerprint density at radius 1 is 0.968 bits per heavy atom. The number of benzene rings is 3. The summed E-state index contributed by atoms with van der Waals surface area (Å²) in [5.41, 5.74) is 0.870. The van der Waals surface area contributed by atoms with E-state index in [4.69, 9.17) is 19.0 Å². The summed E-state index contributed by atoms with van der Waals surface area (Å²) in [4.78, 5) is 4.78. The molecule has 0 unspecified atom stereocenters. The molecule has 0 amide bonds. The van der Waals surface area contributed by atoms with Crippen molar-refractivity contribution >= 4 is 40.6 Å². The molecule has 160 valence electrons. The van der Waals surface area contributed by atoms with E-state index in [1.165, 1.54) is 0 Å². The van der Waals surface area contributed by atoms with Gasteiger partial charge in [0.2, 0.25) is 5.90 Å². The first-order chi connectivity index (χ1) is 15.1. The van der Waals surface area contributed by atoms with Gasteiger partial charge in [-0.1, -0.05) is 74.5 Å².